The largest absolute Gasteiger partial charge is 0.306 e. The Hall–Kier alpha value is -1.72. The zero-order valence-corrected chi connectivity index (χ0v) is 15.5. The first kappa shape index (κ1) is 15.8. The van der Waals surface area contributed by atoms with Gasteiger partial charge in [-0.05, 0) is 52.4 Å². The van der Waals surface area contributed by atoms with Gasteiger partial charge in [0.25, 0.3) is 5.91 Å². The Kier molecular flexibility index (Phi) is 3.73. The Morgan fingerprint density at radius 3 is 2.79 bits per heavy atom. The summed E-state index contributed by atoms with van der Waals surface area (Å²) in [6.45, 7) is 8.14. The highest BCUT2D eigenvalue weighted by atomic mass is 32.1. The van der Waals surface area contributed by atoms with Crippen molar-refractivity contribution in [3.63, 3.8) is 0 Å². The van der Waals surface area contributed by atoms with Crippen molar-refractivity contribution in [3.05, 3.63) is 44.9 Å². The standard InChI is InChI=1S/C19H23N3OS/c1-11-5-6-16-14(9-11)15-10-21(4)8-7-17(15)22(16)19(23)18-12(2)24-13(3)20-18/h5-6,9,15,17H,7-8,10H2,1-4H3/t15-,17+/m1/s1. The van der Waals surface area contributed by atoms with Gasteiger partial charge in [-0.1, -0.05) is 17.7 Å². The minimum atomic E-state index is 0.0685. The average molecular weight is 341 g/mol. The van der Waals surface area contributed by atoms with Gasteiger partial charge in [0.1, 0.15) is 5.69 Å². The van der Waals surface area contributed by atoms with Crippen molar-refractivity contribution in [2.75, 3.05) is 25.0 Å². The zero-order valence-electron chi connectivity index (χ0n) is 14.7. The van der Waals surface area contributed by atoms with Gasteiger partial charge in [-0.3, -0.25) is 4.79 Å². The van der Waals surface area contributed by atoms with Crippen LogP contribution in [0, 0.1) is 20.8 Å². The second-order valence-electron chi connectivity index (χ2n) is 7.10. The van der Waals surface area contributed by atoms with Crippen molar-refractivity contribution in [3.8, 4) is 0 Å². The van der Waals surface area contributed by atoms with E-state index in [0.29, 0.717) is 11.6 Å². The van der Waals surface area contributed by atoms with E-state index in [4.69, 9.17) is 0 Å². The van der Waals surface area contributed by atoms with Crippen molar-refractivity contribution < 1.29 is 4.79 Å². The molecule has 1 amide bonds. The van der Waals surface area contributed by atoms with Crippen LogP contribution >= 0.6 is 11.3 Å². The van der Waals surface area contributed by atoms with Crippen LogP contribution in [0.15, 0.2) is 18.2 Å². The van der Waals surface area contributed by atoms with Crippen molar-refractivity contribution >= 4 is 22.9 Å². The van der Waals surface area contributed by atoms with Crippen LogP contribution in [0.1, 0.15) is 43.8 Å². The first-order valence-corrected chi connectivity index (χ1v) is 9.34. The Morgan fingerprint density at radius 2 is 2.08 bits per heavy atom. The first-order valence-electron chi connectivity index (χ1n) is 8.52. The summed E-state index contributed by atoms with van der Waals surface area (Å²) in [5.74, 6) is 0.474. The zero-order chi connectivity index (χ0) is 17.0. The van der Waals surface area contributed by atoms with E-state index >= 15 is 0 Å². The van der Waals surface area contributed by atoms with Gasteiger partial charge >= 0.3 is 0 Å². The molecule has 2 aromatic rings. The number of thiazole rings is 1. The summed E-state index contributed by atoms with van der Waals surface area (Å²) in [6, 6.07) is 6.75. The van der Waals surface area contributed by atoms with Crippen LogP contribution in [-0.2, 0) is 0 Å². The molecule has 0 saturated carbocycles. The van der Waals surface area contributed by atoms with Crippen LogP contribution in [-0.4, -0.2) is 42.0 Å². The average Bonchev–Trinajstić information content (AvgIpc) is 3.03. The fourth-order valence-electron chi connectivity index (χ4n) is 4.19. The van der Waals surface area contributed by atoms with E-state index in [1.807, 2.05) is 18.7 Å². The number of carbonyl (C=O) groups excluding carboxylic acids is 1. The first-order chi connectivity index (χ1) is 11.5. The third-order valence-corrected chi connectivity index (χ3v) is 6.16. The number of fused-ring (bicyclic) bond motifs is 3. The molecule has 2 aliphatic rings. The van der Waals surface area contributed by atoms with E-state index in [2.05, 4.69) is 42.1 Å². The van der Waals surface area contributed by atoms with Gasteiger partial charge in [0, 0.05) is 29.1 Å². The fourth-order valence-corrected chi connectivity index (χ4v) is 5.00. The predicted molar refractivity (Wildman–Crippen MR) is 98.2 cm³/mol. The van der Waals surface area contributed by atoms with Gasteiger partial charge in [0.15, 0.2) is 0 Å². The van der Waals surface area contributed by atoms with Crippen LogP contribution < -0.4 is 4.90 Å². The monoisotopic (exact) mass is 341 g/mol. The number of likely N-dealkylation sites (tertiary alicyclic amines) is 1. The minimum absolute atomic E-state index is 0.0685. The van der Waals surface area contributed by atoms with Crippen molar-refractivity contribution in [2.24, 2.45) is 0 Å². The number of hydrogen-bond donors (Lipinski definition) is 0. The molecule has 1 saturated heterocycles. The van der Waals surface area contributed by atoms with Gasteiger partial charge in [-0.25, -0.2) is 4.98 Å². The molecule has 4 rings (SSSR count). The van der Waals surface area contributed by atoms with E-state index in [1.54, 1.807) is 11.3 Å². The quantitative estimate of drug-likeness (QED) is 0.796. The molecule has 5 heteroatoms. The van der Waals surface area contributed by atoms with Gasteiger partial charge in [0.2, 0.25) is 0 Å². The molecule has 2 atom stereocenters. The maximum absolute atomic E-state index is 13.3. The number of piperidine rings is 1. The molecule has 0 aliphatic carbocycles. The van der Waals surface area contributed by atoms with Crippen molar-refractivity contribution in [1.29, 1.82) is 0 Å². The van der Waals surface area contributed by atoms with E-state index in [0.717, 1.165) is 35.1 Å². The molecule has 0 unspecified atom stereocenters. The molecule has 0 N–H and O–H groups in total. The number of aromatic nitrogens is 1. The lowest BCUT2D eigenvalue weighted by atomic mass is 9.89. The third-order valence-electron chi connectivity index (χ3n) is 5.28. The molecular weight excluding hydrogens is 318 g/mol. The molecule has 1 aromatic carbocycles. The number of carbonyl (C=O) groups is 1. The van der Waals surface area contributed by atoms with E-state index < -0.39 is 0 Å². The van der Waals surface area contributed by atoms with Crippen molar-refractivity contribution in [2.45, 2.75) is 39.2 Å². The topological polar surface area (TPSA) is 36.4 Å². The molecule has 126 valence electrons. The summed E-state index contributed by atoms with van der Waals surface area (Å²) >= 11 is 1.60. The van der Waals surface area contributed by atoms with Crippen LogP contribution in [0.2, 0.25) is 0 Å². The van der Waals surface area contributed by atoms with Gasteiger partial charge < -0.3 is 9.80 Å². The molecule has 0 spiro atoms. The summed E-state index contributed by atoms with van der Waals surface area (Å²) in [5, 5.41) is 0.958. The van der Waals surface area contributed by atoms with Crippen LogP contribution in [0.4, 0.5) is 5.69 Å². The molecule has 24 heavy (non-hydrogen) atoms. The normalized spacial score (nSPS) is 23.2. The molecule has 4 nitrogen and oxygen atoms in total. The van der Waals surface area contributed by atoms with Crippen molar-refractivity contribution in [1.82, 2.24) is 9.88 Å². The molecule has 0 bridgehead atoms. The van der Waals surface area contributed by atoms with Crippen LogP contribution in [0.25, 0.3) is 0 Å². The maximum atomic E-state index is 13.3. The number of benzene rings is 1. The lowest BCUT2D eigenvalue weighted by Gasteiger charge is -2.36. The summed E-state index contributed by atoms with van der Waals surface area (Å²) < 4.78 is 0. The SMILES string of the molecule is Cc1ccc2c(c1)[C@H]1CN(C)CC[C@@H]1N2C(=O)c1nc(C)sc1C. The van der Waals surface area contributed by atoms with Gasteiger partial charge in [-0.2, -0.15) is 0 Å². The molecule has 1 fully saturated rings. The number of amides is 1. The lowest BCUT2D eigenvalue weighted by molar-refractivity contribution is 0.0960. The molecular formula is C19H23N3OS. The van der Waals surface area contributed by atoms with Crippen LogP contribution in [0.3, 0.4) is 0 Å². The Bertz CT molecular complexity index is 813. The second-order valence-corrected chi connectivity index (χ2v) is 8.51. The molecule has 2 aliphatic heterocycles. The third kappa shape index (κ3) is 2.38. The van der Waals surface area contributed by atoms with Gasteiger partial charge in [0.05, 0.1) is 5.01 Å². The van der Waals surface area contributed by atoms with Crippen LogP contribution in [0.5, 0.6) is 0 Å². The predicted octanol–water partition coefficient (Wildman–Crippen LogP) is 3.52. The molecule has 3 heterocycles. The number of likely N-dealkylation sites (N-methyl/N-ethyl adjacent to an activating group) is 1. The highest BCUT2D eigenvalue weighted by Crippen LogP contribution is 2.45. The number of hydrogen-bond acceptors (Lipinski definition) is 4. The van der Waals surface area contributed by atoms with Gasteiger partial charge in [-0.15, -0.1) is 11.3 Å². The smallest absolute Gasteiger partial charge is 0.278 e. The number of rotatable bonds is 1. The molecule has 0 radical (unpaired) electrons. The van der Waals surface area contributed by atoms with E-state index in [-0.39, 0.29) is 11.9 Å². The highest BCUT2D eigenvalue weighted by molar-refractivity contribution is 7.11. The lowest BCUT2D eigenvalue weighted by Crippen LogP contribution is -2.47. The number of aryl methyl sites for hydroxylation is 3. The second kappa shape index (κ2) is 5.67. The molecule has 1 aromatic heterocycles. The minimum Gasteiger partial charge on any atom is -0.306 e. The summed E-state index contributed by atoms with van der Waals surface area (Å²) in [7, 11) is 2.17. The van der Waals surface area contributed by atoms with E-state index in [1.165, 1.54) is 11.1 Å². The Labute approximate surface area is 147 Å². The number of nitrogens with zero attached hydrogens (tertiary/aromatic N) is 3. The summed E-state index contributed by atoms with van der Waals surface area (Å²) in [5.41, 5.74) is 4.30. The highest BCUT2D eigenvalue weighted by Gasteiger charge is 2.44. The summed E-state index contributed by atoms with van der Waals surface area (Å²) in [6.07, 6.45) is 1.02. The maximum Gasteiger partial charge on any atom is 0.278 e. The number of anilines is 1. The fraction of sp³-hybridized carbons (Fsp3) is 0.474. The summed E-state index contributed by atoms with van der Waals surface area (Å²) in [4.78, 5) is 23.3. The Balaban J connectivity index is 1.80. The van der Waals surface area contributed by atoms with E-state index in [9.17, 15) is 4.79 Å². The Morgan fingerprint density at radius 1 is 1.29 bits per heavy atom.